The zero-order valence-corrected chi connectivity index (χ0v) is 7.25. The van der Waals surface area contributed by atoms with Gasteiger partial charge in [0.1, 0.15) is 0 Å². The fraction of sp³-hybridized carbons (Fsp3) is 0.400. The third-order valence-corrected chi connectivity index (χ3v) is 2.51. The molecule has 1 aliphatic rings. The van der Waals surface area contributed by atoms with E-state index in [9.17, 15) is 0 Å². The summed E-state index contributed by atoms with van der Waals surface area (Å²) in [6.07, 6.45) is 1.18. The fourth-order valence-corrected chi connectivity index (χ4v) is 1.56. The molecule has 0 amide bonds. The lowest BCUT2D eigenvalue weighted by Crippen LogP contribution is -2.25. The van der Waals surface area contributed by atoms with Gasteiger partial charge < -0.3 is 0 Å². The zero-order chi connectivity index (χ0) is 8.55. The van der Waals surface area contributed by atoms with Crippen LogP contribution in [0.5, 0.6) is 0 Å². The summed E-state index contributed by atoms with van der Waals surface area (Å²) in [5.74, 6) is 5.99. The van der Waals surface area contributed by atoms with E-state index < -0.39 is 0 Å². The molecule has 0 bridgehead atoms. The van der Waals surface area contributed by atoms with Crippen LogP contribution in [-0.2, 0) is 0 Å². The van der Waals surface area contributed by atoms with Crippen molar-refractivity contribution in [3.8, 4) is 0 Å². The molecule has 3 N–H and O–H groups in total. The molecule has 1 aliphatic carbocycles. The van der Waals surface area contributed by atoms with Crippen LogP contribution in [0, 0.1) is 6.92 Å². The summed E-state index contributed by atoms with van der Waals surface area (Å²) in [5.41, 5.74) is 5.52. The van der Waals surface area contributed by atoms with E-state index in [0.29, 0.717) is 12.0 Å². The van der Waals surface area contributed by atoms with Gasteiger partial charge in [-0.1, -0.05) is 29.8 Å². The average molecular weight is 162 g/mol. The lowest BCUT2D eigenvalue weighted by Gasteiger charge is -1.99. The highest BCUT2D eigenvalue weighted by atomic mass is 15.3. The smallest absolute Gasteiger partial charge is 0.0286 e. The topological polar surface area (TPSA) is 38.0 Å². The second kappa shape index (κ2) is 2.88. The second-order valence-electron chi connectivity index (χ2n) is 3.53. The summed E-state index contributed by atoms with van der Waals surface area (Å²) in [7, 11) is 0. The number of rotatable bonds is 2. The van der Waals surface area contributed by atoms with Crippen molar-refractivity contribution in [1.29, 1.82) is 0 Å². The van der Waals surface area contributed by atoms with Gasteiger partial charge in [0.2, 0.25) is 0 Å². The molecule has 1 saturated carbocycles. The molecule has 2 nitrogen and oxygen atoms in total. The first kappa shape index (κ1) is 7.77. The fourth-order valence-electron chi connectivity index (χ4n) is 1.56. The van der Waals surface area contributed by atoms with Crippen LogP contribution < -0.4 is 11.3 Å². The highest BCUT2D eigenvalue weighted by Crippen LogP contribution is 2.39. The Balaban J connectivity index is 2.10. The molecule has 0 aromatic heterocycles. The van der Waals surface area contributed by atoms with Crippen LogP contribution >= 0.6 is 0 Å². The predicted molar refractivity (Wildman–Crippen MR) is 49.6 cm³/mol. The molecule has 2 atom stereocenters. The van der Waals surface area contributed by atoms with Crippen LogP contribution in [0.15, 0.2) is 24.3 Å². The van der Waals surface area contributed by atoms with E-state index in [1.807, 2.05) is 0 Å². The van der Waals surface area contributed by atoms with Crippen molar-refractivity contribution in [2.75, 3.05) is 0 Å². The molecule has 0 heterocycles. The molecule has 0 radical (unpaired) electrons. The van der Waals surface area contributed by atoms with Gasteiger partial charge in [0.15, 0.2) is 0 Å². The number of hydrogen-bond donors (Lipinski definition) is 2. The highest BCUT2D eigenvalue weighted by Gasteiger charge is 2.37. The van der Waals surface area contributed by atoms with Crippen molar-refractivity contribution in [3.05, 3.63) is 35.4 Å². The van der Waals surface area contributed by atoms with Crippen LogP contribution in [0.3, 0.4) is 0 Å². The summed E-state index contributed by atoms with van der Waals surface area (Å²) in [6.45, 7) is 2.11. The van der Waals surface area contributed by atoms with E-state index in [2.05, 4.69) is 36.6 Å². The van der Waals surface area contributed by atoms with Crippen molar-refractivity contribution in [2.45, 2.75) is 25.3 Å². The zero-order valence-electron chi connectivity index (χ0n) is 7.25. The first-order valence-corrected chi connectivity index (χ1v) is 4.34. The maximum Gasteiger partial charge on any atom is 0.0286 e. The quantitative estimate of drug-likeness (QED) is 0.508. The minimum atomic E-state index is 0.507. The Kier molecular flexibility index (Phi) is 1.87. The van der Waals surface area contributed by atoms with Gasteiger partial charge in [-0.3, -0.25) is 11.3 Å². The minimum absolute atomic E-state index is 0.507. The normalized spacial score (nSPS) is 27.2. The van der Waals surface area contributed by atoms with Crippen LogP contribution in [-0.4, -0.2) is 6.04 Å². The van der Waals surface area contributed by atoms with E-state index >= 15 is 0 Å². The van der Waals surface area contributed by atoms with Crippen molar-refractivity contribution >= 4 is 0 Å². The van der Waals surface area contributed by atoms with Gasteiger partial charge >= 0.3 is 0 Å². The number of hydrogen-bond acceptors (Lipinski definition) is 2. The molecular weight excluding hydrogens is 148 g/mol. The van der Waals surface area contributed by atoms with Crippen molar-refractivity contribution in [3.63, 3.8) is 0 Å². The molecule has 1 aromatic rings. The number of aryl methyl sites for hydroxylation is 1. The Morgan fingerprint density at radius 1 is 1.33 bits per heavy atom. The lowest BCUT2D eigenvalue weighted by atomic mass is 10.1. The summed E-state index contributed by atoms with van der Waals surface area (Å²) in [4.78, 5) is 0. The summed E-state index contributed by atoms with van der Waals surface area (Å²) in [6, 6.07) is 9.20. The second-order valence-corrected chi connectivity index (χ2v) is 3.53. The number of hydrazine groups is 1. The lowest BCUT2D eigenvalue weighted by molar-refractivity contribution is 0.715. The number of nitrogens with one attached hydrogen (secondary N) is 1. The SMILES string of the molecule is Cc1ccc([C@H]2C[C@H]2NN)cc1. The van der Waals surface area contributed by atoms with Gasteiger partial charge in [-0.25, -0.2) is 0 Å². The Morgan fingerprint density at radius 2 is 2.00 bits per heavy atom. The molecule has 0 unspecified atom stereocenters. The van der Waals surface area contributed by atoms with Crippen molar-refractivity contribution in [2.24, 2.45) is 5.84 Å². The summed E-state index contributed by atoms with van der Waals surface area (Å²) < 4.78 is 0. The van der Waals surface area contributed by atoms with Gasteiger partial charge in [-0.15, -0.1) is 0 Å². The number of benzene rings is 1. The van der Waals surface area contributed by atoms with Gasteiger partial charge in [0.05, 0.1) is 0 Å². The Hall–Kier alpha value is -0.860. The Labute approximate surface area is 72.7 Å². The van der Waals surface area contributed by atoms with Crippen LogP contribution in [0.25, 0.3) is 0 Å². The standard InChI is InChI=1S/C10H14N2/c1-7-2-4-8(5-3-7)9-6-10(9)12-11/h2-5,9-10,12H,6,11H2,1H3/t9-,10-/m1/s1. The van der Waals surface area contributed by atoms with E-state index in [0.717, 1.165) is 0 Å². The monoisotopic (exact) mass is 162 g/mol. The predicted octanol–water partition coefficient (Wildman–Crippen LogP) is 1.31. The molecule has 0 saturated heterocycles. The van der Waals surface area contributed by atoms with E-state index in [4.69, 9.17) is 5.84 Å². The molecule has 2 rings (SSSR count). The third kappa shape index (κ3) is 1.36. The van der Waals surface area contributed by atoms with Crippen molar-refractivity contribution < 1.29 is 0 Å². The van der Waals surface area contributed by atoms with Gasteiger partial charge in [0, 0.05) is 12.0 Å². The Morgan fingerprint density at radius 3 is 2.50 bits per heavy atom. The summed E-state index contributed by atoms with van der Waals surface area (Å²) >= 11 is 0. The molecule has 0 spiro atoms. The summed E-state index contributed by atoms with van der Waals surface area (Å²) in [5, 5.41) is 0. The largest absolute Gasteiger partial charge is 0.271 e. The number of nitrogens with two attached hydrogens (primary N) is 1. The molecule has 64 valence electrons. The van der Waals surface area contributed by atoms with Crippen LogP contribution in [0.2, 0.25) is 0 Å². The van der Waals surface area contributed by atoms with Crippen LogP contribution in [0.4, 0.5) is 0 Å². The molecular formula is C10H14N2. The molecule has 2 heteroatoms. The first-order valence-electron chi connectivity index (χ1n) is 4.34. The maximum atomic E-state index is 5.34. The van der Waals surface area contributed by atoms with Gasteiger partial charge in [-0.05, 0) is 18.9 Å². The third-order valence-electron chi connectivity index (χ3n) is 2.51. The van der Waals surface area contributed by atoms with E-state index in [1.54, 1.807) is 0 Å². The van der Waals surface area contributed by atoms with Gasteiger partial charge in [0.25, 0.3) is 0 Å². The maximum absolute atomic E-state index is 5.34. The van der Waals surface area contributed by atoms with Crippen molar-refractivity contribution in [1.82, 2.24) is 5.43 Å². The molecule has 0 aliphatic heterocycles. The molecule has 12 heavy (non-hydrogen) atoms. The molecule has 1 aromatic carbocycles. The van der Waals surface area contributed by atoms with E-state index in [1.165, 1.54) is 17.5 Å². The van der Waals surface area contributed by atoms with E-state index in [-0.39, 0.29) is 0 Å². The van der Waals surface area contributed by atoms with Crippen LogP contribution in [0.1, 0.15) is 23.5 Å². The van der Waals surface area contributed by atoms with Gasteiger partial charge in [-0.2, -0.15) is 0 Å². The Bertz CT molecular complexity index is 266. The average Bonchev–Trinajstić information content (AvgIpc) is 2.85. The first-order chi connectivity index (χ1) is 5.81. The minimum Gasteiger partial charge on any atom is -0.271 e. The molecule has 1 fully saturated rings. The highest BCUT2D eigenvalue weighted by molar-refractivity contribution is 5.30.